The predicted molar refractivity (Wildman–Crippen MR) is 80.5 cm³/mol. The van der Waals surface area contributed by atoms with Crippen LogP contribution in [0.25, 0.3) is 0 Å². The maximum atomic E-state index is 12.1. The summed E-state index contributed by atoms with van der Waals surface area (Å²) in [4.78, 5) is 27.8. The van der Waals surface area contributed by atoms with Crippen molar-refractivity contribution in [1.82, 2.24) is 15.1 Å². The number of urea groups is 1. The molecule has 3 amide bonds. The van der Waals surface area contributed by atoms with Gasteiger partial charge in [-0.05, 0) is 11.8 Å². The fraction of sp³-hybridized carbons (Fsp3) is 0.867. The lowest BCUT2D eigenvalue weighted by atomic mass is 9.97. The van der Waals surface area contributed by atoms with Crippen LogP contribution in [-0.2, 0) is 4.79 Å². The molecule has 1 rings (SSSR count). The van der Waals surface area contributed by atoms with Crippen molar-refractivity contribution in [2.24, 2.45) is 11.3 Å². The van der Waals surface area contributed by atoms with E-state index in [1.54, 1.807) is 0 Å². The van der Waals surface area contributed by atoms with Gasteiger partial charge in [0.2, 0.25) is 5.91 Å². The maximum absolute atomic E-state index is 12.1. The van der Waals surface area contributed by atoms with Gasteiger partial charge in [0.1, 0.15) is 0 Å². The van der Waals surface area contributed by atoms with Crippen molar-refractivity contribution in [3.63, 3.8) is 0 Å². The Hall–Kier alpha value is -1.26. The van der Waals surface area contributed by atoms with Gasteiger partial charge in [0.25, 0.3) is 0 Å². The summed E-state index contributed by atoms with van der Waals surface area (Å²) >= 11 is 0. The zero-order chi connectivity index (χ0) is 15.3. The summed E-state index contributed by atoms with van der Waals surface area (Å²) in [7, 11) is 0. The van der Waals surface area contributed by atoms with Crippen LogP contribution in [0.1, 0.15) is 41.0 Å². The molecule has 1 fully saturated rings. The summed E-state index contributed by atoms with van der Waals surface area (Å²) in [5.41, 5.74) is 0.0845. The summed E-state index contributed by atoms with van der Waals surface area (Å²) in [5.74, 6) is 0.207. The first-order chi connectivity index (χ1) is 9.20. The molecule has 0 unspecified atom stereocenters. The Morgan fingerprint density at radius 1 is 1.05 bits per heavy atom. The SMILES string of the molecule is CC(C)C(=O)N1CCCN(C(=O)NCC(C)(C)C)CC1. The van der Waals surface area contributed by atoms with Gasteiger partial charge in [-0.3, -0.25) is 4.79 Å². The minimum Gasteiger partial charge on any atom is -0.341 e. The molecule has 0 bridgehead atoms. The first-order valence-electron chi connectivity index (χ1n) is 7.52. The van der Waals surface area contributed by atoms with Crippen molar-refractivity contribution in [1.29, 1.82) is 0 Å². The molecule has 1 aliphatic heterocycles. The van der Waals surface area contributed by atoms with Crippen LogP contribution in [0.15, 0.2) is 0 Å². The highest BCUT2D eigenvalue weighted by atomic mass is 16.2. The number of amides is 3. The van der Waals surface area contributed by atoms with E-state index in [1.807, 2.05) is 23.6 Å². The lowest BCUT2D eigenvalue weighted by Crippen LogP contribution is -2.45. The van der Waals surface area contributed by atoms with Crippen LogP contribution in [-0.4, -0.2) is 54.5 Å². The van der Waals surface area contributed by atoms with Crippen molar-refractivity contribution in [3.8, 4) is 0 Å². The number of hydrogen-bond acceptors (Lipinski definition) is 2. The van der Waals surface area contributed by atoms with Crippen molar-refractivity contribution in [2.75, 3.05) is 32.7 Å². The Bertz CT molecular complexity index is 348. The molecular formula is C15H29N3O2. The van der Waals surface area contributed by atoms with E-state index < -0.39 is 0 Å². The Balaban J connectivity index is 2.47. The van der Waals surface area contributed by atoms with Crippen molar-refractivity contribution >= 4 is 11.9 Å². The van der Waals surface area contributed by atoms with Crippen molar-refractivity contribution in [3.05, 3.63) is 0 Å². The number of rotatable bonds is 2. The van der Waals surface area contributed by atoms with Crippen molar-refractivity contribution in [2.45, 2.75) is 41.0 Å². The lowest BCUT2D eigenvalue weighted by molar-refractivity contribution is -0.134. The van der Waals surface area contributed by atoms with Crippen LogP contribution in [0.4, 0.5) is 4.79 Å². The Kier molecular flexibility index (Phi) is 5.84. The Labute approximate surface area is 122 Å². The summed E-state index contributed by atoms with van der Waals surface area (Å²) in [6.07, 6.45) is 0.849. The van der Waals surface area contributed by atoms with E-state index in [0.717, 1.165) is 19.5 Å². The molecule has 1 saturated heterocycles. The smallest absolute Gasteiger partial charge is 0.317 e. The molecule has 0 aromatic heterocycles. The van der Waals surface area contributed by atoms with E-state index >= 15 is 0 Å². The zero-order valence-corrected chi connectivity index (χ0v) is 13.5. The van der Waals surface area contributed by atoms with Crippen LogP contribution in [0.2, 0.25) is 0 Å². The maximum Gasteiger partial charge on any atom is 0.317 e. The Morgan fingerprint density at radius 3 is 2.15 bits per heavy atom. The molecule has 116 valence electrons. The van der Waals surface area contributed by atoms with Gasteiger partial charge in [0.15, 0.2) is 0 Å². The lowest BCUT2D eigenvalue weighted by Gasteiger charge is -2.25. The third-order valence-electron chi connectivity index (χ3n) is 3.36. The molecule has 20 heavy (non-hydrogen) atoms. The summed E-state index contributed by atoms with van der Waals surface area (Å²) in [6, 6.07) is -0.0150. The molecule has 1 N–H and O–H groups in total. The topological polar surface area (TPSA) is 52.7 Å². The largest absolute Gasteiger partial charge is 0.341 e. The van der Waals surface area contributed by atoms with Crippen LogP contribution < -0.4 is 5.32 Å². The van der Waals surface area contributed by atoms with Crippen LogP contribution >= 0.6 is 0 Å². The predicted octanol–water partition coefficient (Wildman–Crippen LogP) is 1.93. The second kappa shape index (κ2) is 6.95. The van der Waals surface area contributed by atoms with E-state index in [1.165, 1.54) is 0 Å². The number of hydrogen-bond donors (Lipinski definition) is 1. The van der Waals surface area contributed by atoms with E-state index in [0.29, 0.717) is 19.6 Å². The molecule has 0 aliphatic carbocycles. The van der Waals surface area contributed by atoms with Crippen molar-refractivity contribution < 1.29 is 9.59 Å². The molecule has 0 aromatic carbocycles. The molecule has 0 saturated carbocycles. The monoisotopic (exact) mass is 283 g/mol. The van der Waals surface area contributed by atoms with Gasteiger partial charge >= 0.3 is 6.03 Å². The number of nitrogens with one attached hydrogen (secondary N) is 1. The van der Waals surface area contributed by atoms with Gasteiger partial charge in [-0.2, -0.15) is 0 Å². The molecule has 0 aromatic rings. The van der Waals surface area contributed by atoms with Crippen LogP contribution in [0.5, 0.6) is 0 Å². The molecule has 0 radical (unpaired) electrons. The second-order valence-corrected chi connectivity index (χ2v) is 7.04. The minimum atomic E-state index is -0.0150. The van der Waals surface area contributed by atoms with Crippen LogP contribution in [0.3, 0.4) is 0 Å². The van der Waals surface area contributed by atoms with Gasteiger partial charge in [0, 0.05) is 38.6 Å². The third kappa shape index (κ3) is 5.39. The van der Waals surface area contributed by atoms with Gasteiger partial charge in [0.05, 0.1) is 0 Å². The molecule has 1 heterocycles. The first kappa shape index (κ1) is 16.8. The number of carbonyl (C=O) groups excluding carboxylic acids is 2. The first-order valence-corrected chi connectivity index (χ1v) is 7.52. The van der Waals surface area contributed by atoms with E-state index in [2.05, 4.69) is 26.1 Å². The molecule has 5 heteroatoms. The average molecular weight is 283 g/mol. The summed E-state index contributed by atoms with van der Waals surface area (Å²) in [6.45, 7) is 13.5. The molecule has 5 nitrogen and oxygen atoms in total. The highest BCUT2D eigenvalue weighted by Gasteiger charge is 2.23. The highest BCUT2D eigenvalue weighted by molar-refractivity contribution is 5.78. The molecule has 0 atom stereocenters. The van der Waals surface area contributed by atoms with E-state index in [9.17, 15) is 9.59 Å². The number of carbonyl (C=O) groups is 2. The summed E-state index contributed by atoms with van der Waals surface area (Å²) in [5, 5.41) is 2.97. The molecule has 0 spiro atoms. The van der Waals surface area contributed by atoms with E-state index in [-0.39, 0.29) is 23.3 Å². The average Bonchev–Trinajstić information content (AvgIpc) is 2.59. The zero-order valence-electron chi connectivity index (χ0n) is 13.5. The fourth-order valence-electron chi connectivity index (χ4n) is 2.16. The minimum absolute atomic E-state index is 0.0150. The summed E-state index contributed by atoms with van der Waals surface area (Å²) < 4.78 is 0. The fourth-order valence-corrected chi connectivity index (χ4v) is 2.16. The standard InChI is InChI=1S/C15H29N3O2/c1-12(2)13(19)17-7-6-8-18(10-9-17)14(20)16-11-15(3,4)5/h12H,6-11H2,1-5H3,(H,16,20). The van der Waals surface area contributed by atoms with Gasteiger partial charge < -0.3 is 15.1 Å². The molecule has 1 aliphatic rings. The number of nitrogens with zero attached hydrogens (tertiary/aromatic N) is 2. The van der Waals surface area contributed by atoms with E-state index in [4.69, 9.17) is 0 Å². The van der Waals surface area contributed by atoms with Gasteiger partial charge in [-0.15, -0.1) is 0 Å². The normalized spacial score (nSPS) is 17.1. The highest BCUT2D eigenvalue weighted by Crippen LogP contribution is 2.11. The van der Waals surface area contributed by atoms with Gasteiger partial charge in [-0.25, -0.2) is 4.79 Å². The molecular weight excluding hydrogens is 254 g/mol. The Morgan fingerprint density at radius 2 is 1.60 bits per heavy atom. The van der Waals surface area contributed by atoms with Crippen LogP contribution in [0, 0.1) is 11.3 Å². The third-order valence-corrected chi connectivity index (χ3v) is 3.36. The second-order valence-electron chi connectivity index (χ2n) is 7.04. The quantitative estimate of drug-likeness (QED) is 0.842. The van der Waals surface area contributed by atoms with Gasteiger partial charge in [-0.1, -0.05) is 34.6 Å².